The van der Waals surface area contributed by atoms with Crippen LogP contribution >= 0.6 is 15.9 Å². The smallest absolute Gasteiger partial charge is 0.244 e. The van der Waals surface area contributed by atoms with Crippen molar-refractivity contribution in [1.82, 2.24) is 19.7 Å². The summed E-state index contributed by atoms with van der Waals surface area (Å²) in [5, 5.41) is 2.75. The van der Waals surface area contributed by atoms with E-state index in [9.17, 15) is 8.42 Å². The van der Waals surface area contributed by atoms with E-state index in [4.69, 9.17) is 0 Å². The zero-order valence-corrected chi connectivity index (χ0v) is 12.4. The van der Waals surface area contributed by atoms with Crippen LogP contribution in [0.3, 0.4) is 0 Å². The molecule has 0 radical (unpaired) electrons. The van der Waals surface area contributed by atoms with Crippen molar-refractivity contribution in [1.29, 1.82) is 0 Å². The Balaban J connectivity index is 2.26. The molecule has 0 saturated carbocycles. The van der Waals surface area contributed by atoms with Crippen molar-refractivity contribution in [3.05, 3.63) is 35.0 Å². The molecule has 0 aliphatic heterocycles. The summed E-state index contributed by atoms with van der Waals surface area (Å²) in [7, 11) is -2.04. The van der Waals surface area contributed by atoms with Crippen LogP contribution < -0.4 is 10.0 Å². The molecule has 0 amide bonds. The predicted molar refractivity (Wildman–Crippen MR) is 74.1 cm³/mol. The molecule has 19 heavy (non-hydrogen) atoms. The number of sulfonamides is 1. The highest BCUT2D eigenvalue weighted by Gasteiger charge is 2.19. The number of H-pyrrole nitrogens is 1. The Labute approximate surface area is 119 Å². The summed E-state index contributed by atoms with van der Waals surface area (Å²) in [6.45, 7) is 0.137. The molecule has 7 nitrogen and oxygen atoms in total. The number of imidazole rings is 1. The maximum atomic E-state index is 12.2. The van der Waals surface area contributed by atoms with Gasteiger partial charge in [0.05, 0.1) is 12.9 Å². The molecule has 0 saturated heterocycles. The lowest BCUT2D eigenvalue weighted by atomic mass is 10.4. The van der Waals surface area contributed by atoms with Gasteiger partial charge in [0.1, 0.15) is 10.7 Å². The van der Waals surface area contributed by atoms with E-state index in [1.54, 1.807) is 13.2 Å². The number of hydrogen-bond acceptors (Lipinski definition) is 5. The van der Waals surface area contributed by atoms with E-state index < -0.39 is 10.0 Å². The van der Waals surface area contributed by atoms with Gasteiger partial charge in [0, 0.05) is 29.6 Å². The molecular weight excluding hydrogens is 334 g/mol. The molecule has 2 rings (SSSR count). The summed E-state index contributed by atoms with van der Waals surface area (Å²) in [4.78, 5) is 10.7. The van der Waals surface area contributed by atoms with Crippen molar-refractivity contribution in [2.24, 2.45) is 0 Å². The van der Waals surface area contributed by atoms with Gasteiger partial charge in [-0.3, -0.25) is 0 Å². The van der Waals surface area contributed by atoms with E-state index in [0.29, 0.717) is 16.0 Å². The molecule has 0 aliphatic carbocycles. The maximum Gasteiger partial charge on any atom is 0.244 e. The molecule has 0 spiro atoms. The summed E-state index contributed by atoms with van der Waals surface area (Å²) in [6, 6.07) is 1.49. The average molecular weight is 346 g/mol. The van der Waals surface area contributed by atoms with Crippen LogP contribution in [0.25, 0.3) is 0 Å². The molecule has 2 heterocycles. The number of pyridine rings is 1. The van der Waals surface area contributed by atoms with E-state index in [2.05, 4.69) is 40.9 Å². The fourth-order valence-electron chi connectivity index (χ4n) is 1.45. The number of aromatic nitrogens is 3. The van der Waals surface area contributed by atoms with Crippen LogP contribution in [0, 0.1) is 0 Å². The zero-order valence-electron chi connectivity index (χ0n) is 10.0. The molecule has 0 aliphatic rings. The first-order chi connectivity index (χ1) is 9.03. The average Bonchev–Trinajstić information content (AvgIpc) is 2.89. The molecule has 0 aromatic carbocycles. The van der Waals surface area contributed by atoms with Gasteiger partial charge in [-0.1, -0.05) is 0 Å². The molecule has 0 unspecified atom stereocenters. The van der Waals surface area contributed by atoms with Gasteiger partial charge in [0.15, 0.2) is 0 Å². The minimum absolute atomic E-state index is 0.0869. The largest absolute Gasteiger partial charge is 0.372 e. The van der Waals surface area contributed by atoms with Crippen LogP contribution in [0.1, 0.15) is 5.69 Å². The lowest BCUT2D eigenvalue weighted by Crippen LogP contribution is -2.24. The second-order valence-corrected chi connectivity index (χ2v) is 6.30. The standard InChI is InChI=1S/C10H12BrN5O2S/c1-12-10-9(2-7(11)3-14-10)19(17,18)16-5-8-4-13-6-15-8/h2-4,6,16H,5H2,1H3,(H,12,14)(H,13,15). The van der Waals surface area contributed by atoms with E-state index in [-0.39, 0.29) is 11.4 Å². The molecule has 3 N–H and O–H groups in total. The molecule has 102 valence electrons. The Kier molecular flexibility index (Phi) is 4.17. The number of anilines is 1. The lowest BCUT2D eigenvalue weighted by molar-refractivity contribution is 0.580. The lowest BCUT2D eigenvalue weighted by Gasteiger charge is -2.10. The van der Waals surface area contributed by atoms with Gasteiger partial charge in [-0.05, 0) is 22.0 Å². The van der Waals surface area contributed by atoms with Gasteiger partial charge < -0.3 is 10.3 Å². The fraction of sp³-hybridized carbons (Fsp3) is 0.200. The Morgan fingerprint density at radius 1 is 1.42 bits per heavy atom. The van der Waals surface area contributed by atoms with Crippen molar-refractivity contribution in [2.75, 3.05) is 12.4 Å². The molecular formula is C10H12BrN5O2S. The van der Waals surface area contributed by atoms with Crippen LogP contribution in [0.4, 0.5) is 5.82 Å². The maximum absolute atomic E-state index is 12.2. The van der Waals surface area contributed by atoms with Crippen molar-refractivity contribution in [3.63, 3.8) is 0 Å². The summed E-state index contributed by atoms with van der Waals surface area (Å²) >= 11 is 3.21. The second kappa shape index (κ2) is 5.68. The summed E-state index contributed by atoms with van der Waals surface area (Å²) in [5.41, 5.74) is 0.678. The van der Waals surface area contributed by atoms with E-state index >= 15 is 0 Å². The van der Waals surface area contributed by atoms with Crippen molar-refractivity contribution in [2.45, 2.75) is 11.4 Å². The summed E-state index contributed by atoms with van der Waals surface area (Å²) in [5.74, 6) is 0.292. The molecule has 0 fully saturated rings. The fourth-order valence-corrected chi connectivity index (χ4v) is 3.12. The highest BCUT2D eigenvalue weighted by molar-refractivity contribution is 9.10. The van der Waals surface area contributed by atoms with Gasteiger partial charge in [0.2, 0.25) is 10.0 Å². The highest BCUT2D eigenvalue weighted by atomic mass is 79.9. The van der Waals surface area contributed by atoms with Gasteiger partial charge in [-0.2, -0.15) is 0 Å². The molecule has 2 aromatic heterocycles. The third-order valence-corrected chi connectivity index (χ3v) is 4.20. The Hall–Kier alpha value is -1.45. The molecule has 0 bridgehead atoms. The SMILES string of the molecule is CNc1ncc(Br)cc1S(=O)(=O)NCc1cnc[nH]1. The normalized spacial score (nSPS) is 11.5. The van der Waals surface area contributed by atoms with Crippen LogP contribution in [0.2, 0.25) is 0 Å². The molecule has 2 aromatic rings. The van der Waals surface area contributed by atoms with E-state index in [0.717, 1.165) is 0 Å². The Morgan fingerprint density at radius 2 is 2.21 bits per heavy atom. The van der Waals surface area contributed by atoms with E-state index in [1.165, 1.54) is 18.6 Å². The number of rotatable bonds is 5. The number of aromatic amines is 1. The predicted octanol–water partition coefficient (Wildman–Crippen LogP) is 1.09. The minimum atomic E-state index is -3.65. The van der Waals surface area contributed by atoms with Gasteiger partial charge >= 0.3 is 0 Å². The summed E-state index contributed by atoms with van der Waals surface area (Å²) < 4.78 is 27.5. The van der Waals surface area contributed by atoms with E-state index in [1.807, 2.05) is 0 Å². The van der Waals surface area contributed by atoms with Crippen LogP contribution in [-0.4, -0.2) is 30.4 Å². The van der Waals surface area contributed by atoms with Crippen LogP contribution in [0.5, 0.6) is 0 Å². The van der Waals surface area contributed by atoms with Gasteiger partial charge in [-0.15, -0.1) is 0 Å². The number of hydrogen-bond donors (Lipinski definition) is 3. The summed E-state index contributed by atoms with van der Waals surface area (Å²) in [6.07, 6.45) is 4.57. The van der Waals surface area contributed by atoms with Crippen molar-refractivity contribution >= 4 is 31.8 Å². The minimum Gasteiger partial charge on any atom is -0.372 e. The molecule has 0 atom stereocenters. The first-order valence-electron chi connectivity index (χ1n) is 5.33. The third kappa shape index (κ3) is 3.31. The number of halogens is 1. The van der Waals surface area contributed by atoms with Crippen molar-refractivity contribution < 1.29 is 8.42 Å². The second-order valence-electron chi connectivity index (χ2n) is 3.65. The highest BCUT2D eigenvalue weighted by Crippen LogP contribution is 2.22. The first kappa shape index (κ1) is 14.0. The van der Waals surface area contributed by atoms with Crippen molar-refractivity contribution in [3.8, 4) is 0 Å². The van der Waals surface area contributed by atoms with Gasteiger partial charge in [0.25, 0.3) is 0 Å². The van der Waals surface area contributed by atoms with Crippen LogP contribution in [0.15, 0.2) is 34.2 Å². The zero-order chi connectivity index (χ0) is 13.9. The monoisotopic (exact) mass is 345 g/mol. The van der Waals surface area contributed by atoms with Gasteiger partial charge in [-0.25, -0.2) is 23.1 Å². The molecule has 9 heteroatoms. The number of nitrogens with one attached hydrogen (secondary N) is 3. The Morgan fingerprint density at radius 3 is 2.84 bits per heavy atom. The van der Waals surface area contributed by atoms with Crippen LogP contribution in [-0.2, 0) is 16.6 Å². The first-order valence-corrected chi connectivity index (χ1v) is 7.61. The Bertz CT molecular complexity index is 657. The third-order valence-electron chi connectivity index (χ3n) is 2.35. The number of nitrogens with zero attached hydrogens (tertiary/aromatic N) is 2. The quantitative estimate of drug-likeness (QED) is 0.753. The topological polar surface area (TPSA) is 99.8 Å².